The Labute approximate surface area is 109 Å². The van der Waals surface area contributed by atoms with Gasteiger partial charge in [-0.2, -0.15) is 0 Å². The summed E-state index contributed by atoms with van der Waals surface area (Å²) in [5.41, 5.74) is 0.0894. The Hall–Kier alpha value is -0.240. The van der Waals surface area contributed by atoms with Crippen LogP contribution in [0.25, 0.3) is 0 Å². The van der Waals surface area contributed by atoms with Crippen molar-refractivity contribution < 1.29 is 4.79 Å². The van der Waals surface area contributed by atoms with Crippen LogP contribution in [0.2, 0.25) is 0 Å². The maximum Gasteiger partial charge on any atom is 0.223 e. The van der Waals surface area contributed by atoms with Crippen LogP contribution in [0.15, 0.2) is 0 Å². The van der Waals surface area contributed by atoms with Crippen LogP contribution in [0.1, 0.15) is 46.5 Å². The molecule has 3 atom stereocenters. The molecule has 17 heavy (non-hydrogen) atoms. The number of amides is 1. The van der Waals surface area contributed by atoms with E-state index < -0.39 is 0 Å². The molecule has 3 heteroatoms. The number of halogens is 1. The monoisotopic (exact) mass is 257 g/mol. The fourth-order valence-corrected chi connectivity index (χ4v) is 3.27. The number of fused-ring (bicyclic) bond motifs is 1. The Kier molecular flexibility index (Phi) is 3.72. The van der Waals surface area contributed by atoms with Crippen molar-refractivity contribution in [3.8, 4) is 0 Å². The quantitative estimate of drug-likeness (QED) is 0.770. The van der Waals surface area contributed by atoms with Gasteiger partial charge in [0, 0.05) is 17.8 Å². The van der Waals surface area contributed by atoms with Crippen molar-refractivity contribution in [1.29, 1.82) is 0 Å². The Morgan fingerprint density at radius 1 is 1.29 bits per heavy atom. The number of carbonyl (C=O) groups is 1. The summed E-state index contributed by atoms with van der Waals surface area (Å²) in [4.78, 5) is 12.2. The van der Waals surface area contributed by atoms with Crippen molar-refractivity contribution in [2.24, 2.45) is 23.2 Å². The van der Waals surface area contributed by atoms with E-state index in [0.29, 0.717) is 5.88 Å². The molecule has 0 aliphatic heterocycles. The molecule has 0 aromatic carbocycles. The van der Waals surface area contributed by atoms with E-state index in [2.05, 4.69) is 26.1 Å². The summed E-state index contributed by atoms with van der Waals surface area (Å²) in [5, 5.41) is 3.22. The van der Waals surface area contributed by atoms with Crippen LogP contribution < -0.4 is 5.32 Å². The Morgan fingerprint density at radius 3 is 2.35 bits per heavy atom. The topological polar surface area (TPSA) is 29.1 Å². The van der Waals surface area contributed by atoms with Crippen LogP contribution in [-0.2, 0) is 4.79 Å². The second-order valence-corrected chi connectivity index (χ2v) is 7.21. The Morgan fingerprint density at radius 2 is 1.88 bits per heavy atom. The first-order valence-electron chi connectivity index (χ1n) is 6.78. The highest BCUT2D eigenvalue weighted by atomic mass is 35.5. The minimum atomic E-state index is 0.0894. The highest BCUT2D eigenvalue weighted by Crippen LogP contribution is 2.54. The first kappa shape index (κ1) is 13.2. The lowest BCUT2D eigenvalue weighted by Crippen LogP contribution is -2.46. The summed E-state index contributed by atoms with van der Waals surface area (Å²) in [6.45, 7) is 6.49. The molecule has 2 nitrogen and oxygen atoms in total. The van der Waals surface area contributed by atoms with Crippen molar-refractivity contribution in [3.63, 3.8) is 0 Å². The second-order valence-electron chi connectivity index (χ2n) is 6.83. The smallest absolute Gasteiger partial charge is 0.223 e. The van der Waals surface area contributed by atoms with Gasteiger partial charge in [-0.3, -0.25) is 4.79 Å². The van der Waals surface area contributed by atoms with E-state index in [0.717, 1.165) is 31.1 Å². The summed E-state index contributed by atoms with van der Waals surface area (Å²) in [6.07, 6.45) is 4.47. The molecule has 0 bridgehead atoms. The molecular weight excluding hydrogens is 234 g/mol. The van der Waals surface area contributed by atoms with Gasteiger partial charge in [0.15, 0.2) is 0 Å². The molecule has 2 fully saturated rings. The first-order valence-corrected chi connectivity index (χ1v) is 7.31. The molecule has 1 amide bonds. The van der Waals surface area contributed by atoms with Gasteiger partial charge in [-0.05, 0) is 42.9 Å². The summed E-state index contributed by atoms with van der Waals surface area (Å²) < 4.78 is 0. The molecule has 0 heterocycles. The second kappa shape index (κ2) is 4.79. The van der Waals surface area contributed by atoms with Crippen LogP contribution in [0.3, 0.4) is 0 Å². The molecule has 0 spiro atoms. The van der Waals surface area contributed by atoms with Crippen molar-refractivity contribution in [2.45, 2.75) is 52.5 Å². The van der Waals surface area contributed by atoms with Crippen molar-refractivity contribution >= 4 is 17.5 Å². The first-order chi connectivity index (χ1) is 7.91. The molecular formula is C14H24ClNO. The fraction of sp³-hybridized carbons (Fsp3) is 0.929. The van der Waals surface area contributed by atoms with Gasteiger partial charge in [0.2, 0.25) is 5.91 Å². The predicted molar refractivity (Wildman–Crippen MR) is 71.0 cm³/mol. The minimum absolute atomic E-state index is 0.0894. The van der Waals surface area contributed by atoms with E-state index in [4.69, 9.17) is 11.6 Å². The average Bonchev–Trinajstić information content (AvgIpc) is 2.83. The van der Waals surface area contributed by atoms with Crippen LogP contribution in [0.5, 0.6) is 0 Å². The highest BCUT2D eigenvalue weighted by molar-refractivity contribution is 6.17. The zero-order valence-corrected chi connectivity index (χ0v) is 11.9. The number of carbonyl (C=O) groups excluding carboxylic acids is 1. The Bertz CT molecular complexity index is 287. The van der Waals surface area contributed by atoms with E-state index in [1.165, 1.54) is 6.42 Å². The maximum atomic E-state index is 12.2. The third kappa shape index (κ3) is 3.15. The van der Waals surface area contributed by atoms with Crippen LogP contribution >= 0.6 is 11.6 Å². The normalized spacial score (nSPS) is 33.1. The molecule has 0 saturated heterocycles. The highest BCUT2D eigenvalue weighted by Gasteiger charge is 2.48. The lowest BCUT2D eigenvalue weighted by molar-refractivity contribution is -0.126. The zero-order valence-electron chi connectivity index (χ0n) is 11.1. The number of hydrogen-bond acceptors (Lipinski definition) is 1. The predicted octanol–water partition coefficient (Wildman–Crippen LogP) is 3.19. The van der Waals surface area contributed by atoms with E-state index >= 15 is 0 Å². The molecule has 2 aliphatic rings. The van der Waals surface area contributed by atoms with E-state index in [9.17, 15) is 4.79 Å². The molecule has 98 valence electrons. The third-order valence-corrected chi connectivity index (χ3v) is 4.59. The van der Waals surface area contributed by atoms with Gasteiger partial charge in [0.1, 0.15) is 0 Å². The van der Waals surface area contributed by atoms with E-state index in [-0.39, 0.29) is 23.3 Å². The number of hydrogen-bond donors (Lipinski definition) is 1. The molecule has 1 N–H and O–H groups in total. The minimum Gasteiger partial charge on any atom is -0.353 e. The molecule has 2 rings (SSSR count). The summed E-state index contributed by atoms with van der Waals surface area (Å²) in [5.74, 6) is 2.89. The molecule has 2 saturated carbocycles. The molecule has 2 aliphatic carbocycles. The lowest BCUT2D eigenvalue weighted by Gasteiger charge is -2.32. The number of alkyl halides is 1. The van der Waals surface area contributed by atoms with Gasteiger partial charge in [-0.25, -0.2) is 0 Å². The number of nitrogens with one attached hydrogen (secondary N) is 1. The van der Waals surface area contributed by atoms with Gasteiger partial charge < -0.3 is 5.32 Å². The molecule has 0 aromatic heterocycles. The zero-order chi connectivity index (χ0) is 12.6. The standard InChI is InChI=1S/C14H24ClNO/c1-14(2,3)12(4-5-15)16-13(17)11-7-9-6-10(9)8-11/h9-12H,4-8H2,1-3H3,(H,16,17). The third-order valence-electron chi connectivity index (χ3n) is 4.37. The van der Waals surface area contributed by atoms with Gasteiger partial charge in [0.05, 0.1) is 0 Å². The summed E-state index contributed by atoms with van der Waals surface area (Å²) >= 11 is 5.82. The fourth-order valence-electron chi connectivity index (χ4n) is 3.05. The molecule has 0 aromatic rings. The van der Waals surface area contributed by atoms with Gasteiger partial charge in [0.25, 0.3) is 0 Å². The van der Waals surface area contributed by atoms with Crippen LogP contribution in [0.4, 0.5) is 0 Å². The van der Waals surface area contributed by atoms with Crippen molar-refractivity contribution in [2.75, 3.05) is 5.88 Å². The van der Waals surface area contributed by atoms with Gasteiger partial charge >= 0.3 is 0 Å². The summed E-state index contributed by atoms with van der Waals surface area (Å²) in [6, 6.07) is 0.199. The van der Waals surface area contributed by atoms with E-state index in [1.54, 1.807) is 0 Å². The number of rotatable bonds is 4. The van der Waals surface area contributed by atoms with Gasteiger partial charge in [-0.15, -0.1) is 11.6 Å². The maximum absolute atomic E-state index is 12.2. The van der Waals surface area contributed by atoms with Crippen molar-refractivity contribution in [1.82, 2.24) is 5.32 Å². The van der Waals surface area contributed by atoms with Crippen molar-refractivity contribution in [3.05, 3.63) is 0 Å². The largest absolute Gasteiger partial charge is 0.353 e. The molecule has 3 unspecified atom stereocenters. The lowest BCUT2D eigenvalue weighted by atomic mass is 9.84. The van der Waals surface area contributed by atoms with E-state index in [1.807, 2.05) is 0 Å². The Balaban J connectivity index is 1.86. The molecule has 0 radical (unpaired) electrons. The summed E-state index contributed by atoms with van der Waals surface area (Å²) in [7, 11) is 0. The SMILES string of the molecule is CC(C)(C)C(CCCl)NC(=O)C1CC2CC2C1. The average molecular weight is 258 g/mol. The van der Waals surface area contributed by atoms with Crippen LogP contribution in [-0.4, -0.2) is 17.8 Å². The van der Waals surface area contributed by atoms with Crippen LogP contribution in [0, 0.1) is 23.2 Å². The van der Waals surface area contributed by atoms with Gasteiger partial charge in [-0.1, -0.05) is 20.8 Å².